The molecule has 0 amide bonds. The standard InChI is InChI=1S/C26H32O4/c1-17(2)15-24(26(28)20-9-13-22(30-6)14-10-20)23(18(3)4)16-25(27)19-7-11-21(29-5)12-8-19/h7-15,18,23-24H,16H2,1-6H3/t23-,24+/m0/s1. The Morgan fingerprint density at radius 2 is 1.30 bits per heavy atom. The lowest BCUT2D eigenvalue weighted by Gasteiger charge is -2.27. The average molecular weight is 409 g/mol. The van der Waals surface area contributed by atoms with Gasteiger partial charge in [-0.25, -0.2) is 0 Å². The highest BCUT2D eigenvalue weighted by atomic mass is 16.5. The van der Waals surface area contributed by atoms with Crippen LogP contribution < -0.4 is 9.47 Å². The molecule has 30 heavy (non-hydrogen) atoms. The highest BCUT2D eigenvalue weighted by Crippen LogP contribution is 2.32. The number of methoxy groups -OCH3 is 2. The fourth-order valence-electron chi connectivity index (χ4n) is 3.59. The first kappa shape index (κ1) is 23.4. The second kappa shape index (κ2) is 10.8. The molecule has 4 heteroatoms. The van der Waals surface area contributed by atoms with Crippen molar-refractivity contribution in [1.82, 2.24) is 0 Å². The van der Waals surface area contributed by atoms with E-state index in [1.807, 2.05) is 19.9 Å². The average Bonchev–Trinajstić information content (AvgIpc) is 2.75. The van der Waals surface area contributed by atoms with Crippen LogP contribution in [0.4, 0.5) is 0 Å². The van der Waals surface area contributed by atoms with E-state index < -0.39 is 0 Å². The van der Waals surface area contributed by atoms with Crippen LogP contribution in [0.25, 0.3) is 0 Å². The third-order valence-corrected chi connectivity index (χ3v) is 5.34. The maximum absolute atomic E-state index is 13.4. The van der Waals surface area contributed by atoms with Gasteiger partial charge < -0.3 is 9.47 Å². The summed E-state index contributed by atoms with van der Waals surface area (Å²) in [4.78, 5) is 26.4. The number of allylic oxidation sites excluding steroid dienone is 2. The first-order valence-corrected chi connectivity index (χ1v) is 10.3. The van der Waals surface area contributed by atoms with Gasteiger partial charge in [-0.15, -0.1) is 0 Å². The van der Waals surface area contributed by atoms with Crippen LogP contribution in [-0.4, -0.2) is 25.8 Å². The van der Waals surface area contributed by atoms with Gasteiger partial charge in [-0.1, -0.05) is 25.5 Å². The van der Waals surface area contributed by atoms with E-state index in [9.17, 15) is 9.59 Å². The zero-order valence-electron chi connectivity index (χ0n) is 18.8. The SMILES string of the molecule is COc1ccc(C(=O)C[C@@H](C(C)C)[C@@H](C=C(C)C)C(=O)c2ccc(OC)cc2)cc1. The molecule has 2 aromatic carbocycles. The number of benzene rings is 2. The van der Waals surface area contributed by atoms with Crippen molar-refractivity contribution in [2.24, 2.45) is 17.8 Å². The normalized spacial score (nSPS) is 12.8. The summed E-state index contributed by atoms with van der Waals surface area (Å²) in [5, 5.41) is 0. The fourth-order valence-corrected chi connectivity index (χ4v) is 3.59. The molecule has 0 fully saturated rings. The molecule has 0 saturated carbocycles. The van der Waals surface area contributed by atoms with Gasteiger partial charge in [0, 0.05) is 23.5 Å². The monoisotopic (exact) mass is 408 g/mol. The lowest BCUT2D eigenvalue weighted by atomic mass is 9.75. The van der Waals surface area contributed by atoms with Crippen molar-refractivity contribution in [1.29, 1.82) is 0 Å². The van der Waals surface area contributed by atoms with Gasteiger partial charge >= 0.3 is 0 Å². The summed E-state index contributed by atoms with van der Waals surface area (Å²) in [5.41, 5.74) is 2.32. The molecule has 0 aliphatic rings. The summed E-state index contributed by atoms with van der Waals surface area (Å²) >= 11 is 0. The smallest absolute Gasteiger partial charge is 0.170 e. The van der Waals surface area contributed by atoms with Crippen LogP contribution >= 0.6 is 0 Å². The highest BCUT2D eigenvalue weighted by molar-refractivity contribution is 6.01. The number of hydrogen-bond acceptors (Lipinski definition) is 4. The largest absolute Gasteiger partial charge is 0.497 e. The zero-order valence-corrected chi connectivity index (χ0v) is 18.8. The number of ketones is 2. The molecule has 0 saturated heterocycles. The van der Waals surface area contributed by atoms with Crippen molar-refractivity contribution in [3.05, 3.63) is 71.3 Å². The second-order valence-electron chi connectivity index (χ2n) is 8.13. The maximum Gasteiger partial charge on any atom is 0.170 e. The van der Waals surface area contributed by atoms with Crippen molar-refractivity contribution in [3.8, 4) is 11.5 Å². The van der Waals surface area contributed by atoms with Crippen LogP contribution in [0, 0.1) is 17.8 Å². The third kappa shape index (κ3) is 6.06. The molecule has 0 aliphatic carbocycles. The van der Waals surface area contributed by atoms with Crippen molar-refractivity contribution in [3.63, 3.8) is 0 Å². The quantitative estimate of drug-likeness (QED) is 0.357. The first-order chi connectivity index (χ1) is 14.3. The van der Waals surface area contributed by atoms with E-state index in [1.54, 1.807) is 62.8 Å². The van der Waals surface area contributed by atoms with Crippen molar-refractivity contribution in [2.45, 2.75) is 34.1 Å². The number of hydrogen-bond donors (Lipinski definition) is 0. The molecule has 2 atom stereocenters. The third-order valence-electron chi connectivity index (χ3n) is 5.34. The molecule has 0 heterocycles. The van der Waals surface area contributed by atoms with E-state index in [1.165, 1.54) is 0 Å². The van der Waals surface area contributed by atoms with E-state index in [4.69, 9.17) is 9.47 Å². The lowest BCUT2D eigenvalue weighted by molar-refractivity contribution is 0.0839. The number of carbonyl (C=O) groups excluding carboxylic acids is 2. The Balaban J connectivity index is 2.32. The predicted molar refractivity (Wildman–Crippen MR) is 121 cm³/mol. The van der Waals surface area contributed by atoms with Crippen molar-refractivity contribution in [2.75, 3.05) is 14.2 Å². The van der Waals surface area contributed by atoms with E-state index in [-0.39, 0.29) is 29.3 Å². The Hall–Kier alpha value is -2.88. The summed E-state index contributed by atoms with van der Waals surface area (Å²) in [5.74, 6) is 1.17. The molecule has 4 nitrogen and oxygen atoms in total. The van der Waals surface area contributed by atoms with Gasteiger partial charge in [0.2, 0.25) is 0 Å². The molecule has 0 N–H and O–H groups in total. The summed E-state index contributed by atoms with van der Waals surface area (Å²) in [7, 11) is 3.20. The Kier molecular flexibility index (Phi) is 8.40. The molecule has 0 aromatic heterocycles. The van der Waals surface area contributed by atoms with Crippen LogP contribution in [0.5, 0.6) is 11.5 Å². The lowest BCUT2D eigenvalue weighted by Crippen LogP contribution is -2.29. The van der Waals surface area contributed by atoms with Crippen LogP contribution in [0.1, 0.15) is 54.8 Å². The minimum atomic E-state index is -0.370. The van der Waals surface area contributed by atoms with E-state index in [0.717, 1.165) is 5.57 Å². The molecule has 2 rings (SSSR count). The second-order valence-corrected chi connectivity index (χ2v) is 8.13. The summed E-state index contributed by atoms with van der Waals surface area (Å²) in [6.07, 6.45) is 2.30. The van der Waals surface area contributed by atoms with Gasteiger partial charge in [-0.05, 0) is 74.2 Å². The van der Waals surface area contributed by atoms with Crippen LogP contribution in [0.3, 0.4) is 0 Å². The Bertz CT molecular complexity index is 872. The molecular weight excluding hydrogens is 376 g/mol. The first-order valence-electron chi connectivity index (χ1n) is 10.3. The summed E-state index contributed by atoms with van der Waals surface area (Å²) in [6, 6.07) is 14.3. The summed E-state index contributed by atoms with van der Waals surface area (Å²) in [6.45, 7) is 8.10. The molecule has 0 unspecified atom stereocenters. The number of rotatable bonds is 10. The molecule has 0 spiro atoms. The molecule has 0 bridgehead atoms. The molecular formula is C26H32O4. The maximum atomic E-state index is 13.4. The van der Waals surface area contributed by atoms with E-state index >= 15 is 0 Å². The summed E-state index contributed by atoms with van der Waals surface area (Å²) < 4.78 is 10.4. The predicted octanol–water partition coefficient (Wildman–Crippen LogP) is 6.01. The van der Waals surface area contributed by atoms with Crippen LogP contribution in [0.2, 0.25) is 0 Å². The van der Waals surface area contributed by atoms with Crippen LogP contribution in [-0.2, 0) is 0 Å². The van der Waals surface area contributed by atoms with Gasteiger partial charge in [-0.3, -0.25) is 9.59 Å². The van der Waals surface area contributed by atoms with Gasteiger partial charge in [0.15, 0.2) is 11.6 Å². The molecule has 2 aromatic rings. The van der Waals surface area contributed by atoms with Crippen molar-refractivity contribution >= 4 is 11.6 Å². The molecule has 0 radical (unpaired) electrons. The number of ether oxygens (including phenoxy) is 2. The van der Waals surface area contributed by atoms with Crippen LogP contribution in [0.15, 0.2) is 60.2 Å². The highest BCUT2D eigenvalue weighted by Gasteiger charge is 2.31. The van der Waals surface area contributed by atoms with E-state index in [2.05, 4.69) is 13.8 Å². The Morgan fingerprint density at radius 1 is 0.833 bits per heavy atom. The van der Waals surface area contributed by atoms with Gasteiger partial charge in [0.1, 0.15) is 11.5 Å². The van der Waals surface area contributed by atoms with Gasteiger partial charge in [0.05, 0.1) is 14.2 Å². The minimum absolute atomic E-state index is 0.0279. The molecule has 160 valence electrons. The topological polar surface area (TPSA) is 52.6 Å². The van der Waals surface area contributed by atoms with Crippen molar-refractivity contribution < 1.29 is 19.1 Å². The number of carbonyl (C=O) groups is 2. The van der Waals surface area contributed by atoms with Gasteiger partial charge in [0.25, 0.3) is 0 Å². The fraction of sp³-hybridized carbons (Fsp3) is 0.385. The Labute approximate surface area is 179 Å². The zero-order chi connectivity index (χ0) is 22.3. The number of Topliss-reactive ketones (excluding diaryl/α,β-unsaturated/α-hetero) is 2. The van der Waals surface area contributed by atoms with Gasteiger partial charge in [-0.2, -0.15) is 0 Å². The minimum Gasteiger partial charge on any atom is -0.497 e. The Morgan fingerprint density at radius 3 is 1.70 bits per heavy atom. The van der Waals surface area contributed by atoms with E-state index in [0.29, 0.717) is 29.0 Å². The molecule has 0 aliphatic heterocycles.